The number of nitriles is 1. The lowest BCUT2D eigenvalue weighted by Crippen LogP contribution is -2.56. The van der Waals surface area contributed by atoms with Gasteiger partial charge in [-0.15, -0.1) is 0 Å². The van der Waals surface area contributed by atoms with Crippen molar-refractivity contribution in [2.24, 2.45) is 0 Å². The SMILES string of the molecule is CC1CC(NC(=O)c2ccc(Oc3ccccc3C#N)c(Cl)c2)CC(C)(C)N1. The number of nitrogens with zero attached hydrogens (tertiary/aromatic N) is 1. The van der Waals surface area contributed by atoms with Crippen molar-refractivity contribution in [2.75, 3.05) is 0 Å². The largest absolute Gasteiger partial charge is 0.454 e. The van der Waals surface area contributed by atoms with Crippen molar-refractivity contribution >= 4 is 17.5 Å². The van der Waals surface area contributed by atoms with Crippen LogP contribution in [0, 0.1) is 11.3 Å². The van der Waals surface area contributed by atoms with Crippen LogP contribution in [0.25, 0.3) is 0 Å². The van der Waals surface area contributed by atoms with E-state index in [1.54, 1.807) is 42.5 Å². The zero-order chi connectivity index (χ0) is 20.3. The highest BCUT2D eigenvalue weighted by molar-refractivity contribution is 6.32. The Labute approximate surface area is 170 Å². The number of carbonyl (C=O) groups excluding carboxylic acids is 1. The third-order valence-electron chi connectivity index (χ3n) is 4.79. The van der Waals surface area contributed by atoms with Crippen LogP contribution in [0.15, 0.2) is 42.5 Å². The molecule has 2 unspecified atom stereocenters. The maximum Gasteiger partial charge on any atom is 0.251 e. The highest BCUT2D eigenvalue weighted by Gasteiger charge is 2.32. The molecule has 1 amide bonds. The molecule has 2 N–H and O–H groups in total. The standard InChI is InChI=1S/C22H24ClN3O2/c1-14-10-17(12-22(2,3)26-14)25-21(27)15-8-9-20(18(23)11-15)28-19-7-5-4-6-16(19)13-24/h4-9,11,14,17,26H,10,12H2,1-3H3,(H,25,27). The van der Waals surface area contributed by atoms with Gasteiger partial charge in [0.1, 0.15) is 17.6 Å². The third kappa shape index (κ3) is 4.83. The second kappa shape index (κ2) is 8.22. The molecule has 5 nitrogen and oxygen atoms in total. The molecule has 1 aliphatic heterocycles. The van der Waals surface area contributed by atoms with Gasteiger partial charge in [-0.3, -0.25) is 4.79 Å². The van der Waals surface area contributed by atoms with Crippen LogP contribution in [0.1, 0.15) is 49.5 Å². The number of hydrogen-bond donors (Lipinski definition) is 2. The highest BCUT2D eigenvalue weighted by Crippen LogP contribution is 2.32. The van der Waals surface area contributed by atoms with Crippen LogP contribution in [-0.4, -0.2) is 23.5 Å². The van der Waals surface area contributed by atoms with Crippen LogP contribution in [0.3, 0.4) is 0 Å². The van der Waals surface area contributed by atoms with Gasteiger partial charge >= 0.3 is 0 Å². The summed E-state index contributed by atoms with van der Waals surface area (Å²) in [5.41, 5.74) is 0.886. The summed E-state index contributed by atoms with van der Waals surface area (Å²) in [6.07, 6.45) is 1.75. The summed E-state index contributed by atoms with van der Waals surface area (Å²) < 4.78 is 5.76. The van der Waals surface area contributed by atoms with Crippen molar-refractivity contribution in [3.05, 3.63) is 58.6 Å². The second-order valence-corrected chi connectivity index (χ2v) is 8.30. The van der Waals surface area contributed by atoms with E-state index in [0.29, 0.717) is 33.7 Å². The second-order valence-electron chi connectivity index (χ2n) is 7.89. The lowest BCUT2D eigenvalue weighted by Gasteiger charge is -2.40. The topological polar surface area (TPSA) is 74.1 Å². The summed E-state index contributed by atoms with van der Waals surface area (Å²) >= 11 is 6.33. The molecule has 0 aliphatic carbocycles. The van der Waals surface area contributed by atoms with Crippen molar-refractivity contribution in [3.8, 4) is 17.6 Å². The molecule has 0 bridgehead atoms. The van der Waals surface area contributed by atoms with Crippen LogP contribution in [0.4, 0.5) is 0 Å². The van der Waals surface area contributed by atoms with Gasteiger partial charge in [-0.05, 0) is 63.9 Å². The van der Waals surface area contributed by atoms with E-state index in [1.807, 2.05) is 0 Å². The summed E-state index contributed by atoms with van der Waals surface area (Å²) in [6, 6.07) is 14.4. The first kappa shape index (κ1) is 20.2. The predicted molar refractivity (Wildman–Crippen MR) is 110 cm³/mol. The van der Waals surface area contributed by atoms with Crippen molar-refractivity contribution < 1.29 is 9.53 Å². The third-order valence-corrected chi connectivity index (χ3v) is 5.08. The number of benzene rings is 2. The Balaban J connectivity index is 1.71. The number of halogens is 1. The van der Waals surface area contributed by atoms with Gasteiger partial charge in [0.15, 0.2) is 0 Å². The number of nitrogens with one attached hydrogen (secondary N) is 2. The van der Waals surface area contributed by atoms with Crippen molar-refractivity contribution in [3.63, 3.8) is 0 Å². The molecule has 1 fully saturated rings. The summed E-state index contributed by atoms with van der Waals surface area (Å²) in [5, 5.41) is 16.1. The molecule has 28 heavy (non-hydrogen) atoms. The normalized spacial score (nSPS) is 20.8. The molecule has 2 atom stereocenters. The summed E-state index contributed by atoms with van der Waals surface area (Å²) in [7, 11) is 0. The monoisotopic (exact) mass is 397 g/mol. The minimum atomic E-state index is -0.152. The van der Waals surface area contributed by atoms with Crippen LogP contribution in [-0.2, 0) is 0 Å². The van der Waals surface area contributed by atoms with E-state index in [9.17, 15) is 10.1 Å². The summed E-state index contributed by atoms with van der Waals surface area (Å²) in [5.74, 6) is 0.674. The number of hydrogen-bond acceptors (Lipinski definition) is 4. The number of ether oxygens (including phenoxy) is 1. The minimum absolute atomic E-state index is 0.0148. The van der Waals surface area contributed by atoms with E-state index >= 15 is 0 Å². The molecule has 0 spiro atoms. The van der Waals surface area contributed by atoms with E-state index in [4.69, 9.17) is 16.3 Å². The highest BCUT2D eigenvalue weighted by atomic mass is 35.5. The number of rotatable bonds is 4. The minimum Gasteiger partial charge on any atom is -0.454 e. The van der Waals surface area contributed by atoms with Crippen molar-refractivity contribution in [1.82, 2.24) is 10.6 Å². The van der Waals surface area contributed by atoms with Crippen LogP contribution in [0.5, 0.6) is 11.5 Å². The van der Waals surface area contributed by atoms with Crippen LogP contribution < -0.4 is 15.4 Å². The molecule has 0 saturated carbocycles. The Hall–Kier alpha value is -2.55. The molecule has 1 saturated heterocycles. The first-order valence-corrected chi connectivity index (χ1v) is 9.70. The quantitative estimate of drug-likeness (QED) is 0.787. The fourth-order valence-electron chi connectivity index (χ4n) is 3.78. The molecule has 0 aromatic heterocycles. The lowest BCUT2D eigenvalue weighted by atomic mass is 9.86. The van der Waals surface area contributed by atoms with E-state index in [0.717, 1.165) is 12.8 Å². The average molecular weight is 398 g/mol. The molecule has 146 valence electrons. The molecule has 3 rings (SSSR count). The fourth-order valence-corrected chi connectivity index (χ4v) is 4.00. The molecule has 2 aromatic carbocycles. The van der Waals surface area contributed by atoms with E-state index < -0.39 is 0 Å². The smallest absolute Gasteiger partial charge is 0.251 e. The van der Waals surface area contributed by atoms with Gasteiger partial charge < -0.3 is 15.4 Å². The molecular formula is C22H24ClN3O2. The first-order chi connectivity index (χ1) is 13.3. The molecule has 6 heteroatoms. The molecule has 1 heterocycles. The van der Waals surface area contributed by atoms with Gasteiger partial charge in [-0.1, -0.05) is 23.7 Å². The fraction of sp³-hybridized carbons (Fsp3) is 0.364. The van der Waals surface area contributed by atoms with Gasteiger partial charge in [0.05, 0.1) is 10.6 Å². The van der Waals surface area contributed by atoms with E-state index in [1.165, 1.54) is 0 Å². The van der Waals surface area contributed by atoms with Gasteiger partial charge in [0.2, 0.25) is 0 Å². The summed E-state index contributed by atoms with van der Waals surface area (Å²) in [6.45, 7) is 6.41. The zero-order valence-corrected chi connectivity index (χ0v) is 17.0. The average Bonchev–Trinajstić information content (AvgIpc) is 2.62. The predicted octanol–water partition coefficient (Wildman–Crippen LogP) is 4.65. The first-order valence-electron chi connectivity index (χ1n) is 9.32. The van der Waals surface area contributed by atoms with Crippen LogP contribution >= 0.6 is 11.6 Å². The Bertz CT molecular complexity index is 920. The molecule has 2 aromatic rings. The Morgan fingerprint density at radius 2 is 2.04 bits per heavy atom. The van der Waals surface area contributed by atoms with Crippen molar-refractivity contribution in [1.29, 1.82) is 5.26 Å². The van der Waals surface area contributed by atoms with Crippen LogP contribution in [0.2, 0.25) is 5.02 Å². The van der Waals surface area contributed by atoms with Crippen molar-refractivity contribution in [2.45, 2.75) is 51.2 Å². The van der Waals surface area contributed by atoms with E-state index in [2.05, 4.69) is 37.5 Å². The number of amides is 1. The molecular weight excluding hydrogens is 374 g/mol. The van der Waals surface area contributed by atoms with Gasteiger partial charge in [-0.25, -0.2) is 0 Å². The molecule has 0 radical (unpaired) electrons. The summed E-state index contributed by atoms with van der Waals surface area (Å²) in [4.78, 5) is 12.7. The number of piperidine rings is 1. The number of carbonyl (C=O) groups is 1. The number of para-hydroxylation sites is 1. The maximum atomic E-state index is 12.7. The van der Waals surface area contributed by atoms with E-state index in [-0.39, 0.29) is 17.5 Å². The molecule has 1 aliphatic rings. The lowest BCUT2D eigenvalue weighted by molar-refractivity contribution is 0.0906. The zero-order valence-electron chi connectivity index (χ0n) is 16.3. The Morgan fingerprint density at radius 1 is 1.29 bits per heavy atom. The van der Waals surface area contributed by atoms with Gasteiger partial charge in [0.25, 0.3) is 5.91 Å². The Kier molecular flexibility index (Phi) is 5.93. The maximum absolute atomic E-state index is 12.7. The van der Waals surface area contributed by atoms with Gasteiger partial charge in [-0.2, -0.15) is 5.26 Å². The van der Waals surface area contributed by atoms with Gasteiger partial charge in [0, 0.05) is 23.2 Å². The Morgan fingerprint density at radius 3 is 2.71 bits per heavy atom.